The van der Waals surface area contributed by atoms with Crippen molar-refractivity contribution >= 4 is 23.4 Å². The van der Waals surface area contributed by atoms with Crippen molar-refractivity contribution in [1.29, 1.82) is 0 Å². The fourth-order valence-corrected chi connectivity index (χ4v) is 4.97. The first-order chi connectivity index (χ1) is 14.9. The fourth-order valence-electron chi connectivity index (χ4n) is 4.26. The summed E-state index contributed by atoms with van der Waals surface area (Å²) in [6, 6.07) is 10.1. The number of ether oxygens (including phenoxy) is 2. The summed E-state index contributed by atoms with van der Waals surface area (Å²) in [5, 5.41) is 41.3. The zero-order valence-electron chi connectivity index (χ0n) is 17.2. The number of benzene rings is 2. The highest BCUT2D eigenvalue weighted by Gasteiger charge is 2.45. The first-order valence-corrected chi connectivity index (χ1v) is 11.9. The highest BCUT2D eigenvalue weighted by Crippen LogP contribution is 2.44. The van der Waals surface area contributed by atoms with Gasteiger partial charge in [0.25, 0.3) is 0 Å². The summed E-state index contributed by atoms with van der Waals surface area (Å²) in [6.45, 7) is 0.0377. The molecule has 0 amide bonds. The van der Waals surface area contributed by atoms with E-state index < -0.39 is 37.1 Å². The molecule has 2 heterocycles. The first kappa shape index (κ1) is 22.9. The average molecular weight is 467 g/mol. The molecule has 0 bridgehead atoms. The molecule has 5 atom stereocenters. The lowest BCUT2D eigenvalue weighted by molar-refractivity contribution is -0.232. The Hall–Kier alpha value is -1.32. The van der Waals surface area contributed by atoms with Crippen LogP contribution in [-0.2, 0) is 17.6 Å². The quantitative estimate of drug-likeness (QED) is 0.502. The summed E-state index contributed by atoms with van der Waals surface area (Å²) in [5.74, 6) is 0.557. The Balaban J connectivity index is 1.75. The van der Waals surface area contributed by atoms with Gasteiger partial charge in [0.05, 0.1) is 18.2 Å². The zero-order chi connectivity index (χ0) is 22.1. The number of aliphatic hydroxyl groups is 4. The molecule has 6 nitrogen and oxygen atoms in total. The Bertz CT molecular complexity index is 919. The lowest BCUT2D eigenvalue weighted by atomic mass is 9.87. The van der Waals surface area contributed by atoms with E-state index in [9.17, 15) is 20.4 Å². The molecule has 4 rings (SSSR count). The monoisotopic (exact) mass is 466 g/mol. The van der Waals surface area contributed by atoms with E-state index in [-0.39, 0.29) is 0 Å². The van der Waals surface area contributed by atoms with E-state index in [1.54, 1.807) is 11.8 Å². The molecule has 0 aliphatic carbocycles. The van der Waals surface area contributed by atoms with Crippen molar-refractivity contribution in [3.63, 3.8) is 0 Å². The summed E-state index contributed by atoms with van der Waals surface area (Å²) < 4.78 is 11.7. The van der Waals surface area contributed by atoms with Gasteiger partial charge in [0.2, 0.25) is 0 Å². The molecule has 1 saturated heterocycles. The number of rotatable bonds is 5. The normalized spacial score (nSPS) is 28.1. The van der Waals surface area contributed by atoms with Crippen LogP contribution in [0.15, 0.2) is 35.2 Å². The van der Waals surface area contributed by atoms with Crippen LogP contribution in [0.5, 0.6) is 5.75 Å². The van der Waals surface area contributed by atoms with Gasteiger partial charge >= 0.3 is 0 Å². The minimum atomic E-state index is -1.45. The maximum atomic E-state index is 10.7. The first-order valence-electron chi connectivity index (χ1n) is 10.3. The maximum Gasteiger partial charge on any atom is 0.129 e. The molecule has 1 fully saturated rings. The van der Waals surface area contributed by atoms with Gasteiger partial charge in [-0.3, -0.25) is 0 Å². The third-order valence-corrected chi connectivity index (χ3v) is 7.20. The second-order valence-corrected chi connectivity index (χ2v) is 9.23. The molecule has 168 valence electrons. The van der Waals surface area contributed by atoms with Gasteiger partial charge in [-0.15, -0.1) is 11.8 Å². The Morgan fingerprint density at radius 1 is 1.10 bits per heavy atom. The van der Waals surface area contributed by atoms with E-state index in [2.05, 4.69) is 24.3 Å². The number of aliphatic hydroxyl groups excluding tert-OH is 4. The second-order valence-electron chi connectivity index (χ2n) is 7.97. The van der Waals surface area contributed by atoms with Crippen molar-refractivity contribution < 1.29 is 29.9 Å². The van der Waals surface area contributed by atoms with Crippen LogP contribution in [0.25, 0.3) is 0 Å². The van der Waals surface area contributed by atoms with Gasteiger partial charge in [-0.05, 0) is 54.8 Å². The minimum absolute atomic E-state index is 0.479. The van der Waals surface area contributed by atoms with E-state index in [1.807, 2.05) is 12.3 Å². The molecule has 2 aromatic carbocycles. The molecule has 0 aromatic heterocycles. The maximum absolute atomic E-state index is 10.7. The molecular weight excluding hydrogens is 440 g/mol. The third-order valence-electron chi connectivity index (χ3n) is 5.98. The summed E-state index contributed by atoms with van der Waals surface area (Å²) in [7, 11) is 0. The van der Waals surface area contributed by atoms with Crippen LogP contribution >= 0.6 is 23.4 Å². The van der Waals surface area contributed by atoms with Crippen LogP contribution in [0.2, 0.25) is 5.02 Å². The number of halogens is 1. The van der Waals surface area contributed by atoms with Gasteiger partial charge < -0.3 is 29.9 Å². The van der Waals surface area contributed by atoms with Gasteiger partial charge in [0, 0.05) is 16.0 Å². The Labute approximate surface area is 190 Å². The summed E-state index contributed by atoms with van der Waals surface area (Å²) in [6.07, 6.45) is -2.00. The summed E-state index contributed by atoms with van der Waals surface area (Å²) in [4.78, 5) is 1.18. The van der Waals surface area contributed by atoms with Crippen LogP contribution in [0.3, 0.4) is 0 Å². The predicted octanol–water partition coefficient (Wildman–Crippen LogP) is 2.49. The molecule has 2 aliphatic heterocycles. The van der Waals surface area contributed by atoms with E-state index in [0.29, 0.717) is 29.4 Å². The van der Waals surface area contributed by atoms with Crippen molar-refractivity contribution in [2.45, 2.75) is 54.7 Å². The van der Waals surface area contributed by atoms with Crippen molar-refractivity contribution in [2.75, 3.05) is 19.5 Å². The molecule has 0 radical (unpaired) electrons. The van der Waals surface area contributed by atoms with Crippen LogP contribution in [-0.4, -0.2) is 64.3 Å². The zero-order valence-corrected chi connectivity index (χ0v) is 18.8. The minimum Gasteiger partial charge on any atom is -0.493 e. The molecule has 0 spiro atoms. The van der Waals surface area contributed by atoms with Crippen molar-refractivity contribution in [1.82, 2.24) is 0 Å². The average Bonchev–Trinajstić information content (AvgIpc) is 2.80. The van der Waals surface area contributed by atoms with Crippen molar-refractivity contribution in [3.05, 3.63) is 57.6 Å². The van der Waals surface area contributed by atoms with Crippen LogP contribution in [0.1, 0.15) is 34.8 Å². The molecule has 8 heteroatoms. The Morgan fingerprint density at radius 3 is 2.52 bits per heavy atom. The van der Waals surface area contributed by atoms with E-state index in [4.69, 9.17) is 21.1 Å². The second kappa shape index (κ2) is 9.67. The van der Waals surface area contributed by atoms with Crippen LogP contribution in [0.4, 0.5) is 0 Å². The fraction of sp³-hybridized carbons (Fsp3) is 0.478. The predicted molar refractivity (Wildman–Crippen MR) is 119 cm³/mol. The third kappa shape index (κ3) is 4.46. The topological polar surface area (TPSA) is 99.4 Å². The van der Waals surface area contributed by atoms with Crippen LogP contribution < -0.4 is 4.74 Å². The van der Waals surface area contributed by atoms with Crippen molar-refractivity contribution in [2.24, 2.45) is 0 Å². The molecule has 31 heavy (non-hydrogen) atoms. The summed E-state index contributed by atoms with van der Waals surface area (Å²) in [5.41, 5.74) is 3.40. The Morgan fingerprint density at radius 2 is 1.84 bits per heavy atom. The molecule has 2 aromatic rings. The smallest absolute Gasteiger partial charge is 0.129 e. The Kier molecular flexibility index (Phi) is 7.13. The van der Waals surface area contributed by atoms with Gasteiger partial charge in [-0.2, -0.15) is 0 Å². The van der Waals surface area contributed by atoms with Crippen LogP contribution in [0, 0.1) is 0 Å². The SMILES string of the molecule is CSc1ccc(Cc2cc([C@@H]3O[C@H](CO)[C@@H](O)[C@H](O)[C@H]3O)c3c(c2Cl)CCCO3)cc1. The molecule has 2 aliphatic rings. The van der Waals surface area contributed by atoms with Gasteiger partial charge in [-0.25, -0.2) is 0 Å². The summed E-state index contributed by atoms with van der Waals surface area (Å²) >= 11 is 8.45. The molecular formula is C23H27ClO6S. The van der Waals surface area contributed by atoms with E-state index in [0.717, 1.165) is 29.5 Å². The van der Waals surface area contributed by atoms with Crippen molar-refractivity contribution in [3.8, 4) is 5.75 Å². The lowest BCUT2D eigenvalue weighted by Gasteiger charge is -2.41. The standard InChI is InChI=1S/C23H27ClO6S/c1-31-14-6-4-12(5-7-14)9-13-10-16(22-15(18(13)24)3-2-8-29-22)23-21(28)20(27)19(26)17(11-25)30-23/h4-7,10,17,19-21,23,25-28H,2-3,8-9,11H2,1H3/t17-,19-,20+,21-,23+/m1/s1. The van der Waals surface area contributed by atoms with Gasteiger partial charge in [0.1, 0.15) is 36.3 Å². The molecule has 0 unspecified atom stereocenters. The number of thioether (sulfide) groups is 1. The molecule has 4 N–H and O–H groups in total. The van der Waals surface area contributed by atoms with Gasteiger partial charge in [0.15, 0.2) is 0 Å². The highest BCUT2D eigenvalue weighted by atomic mass is 35.5. The van der Waals surface area contributed by atoms with E-state index in [1.165, 1.54) is 4.90 Å². The number of hydrogen-bond donors (Lipinski definition) is 4. The number of hydrogen-bond acceptors (Lipinski definition) is 7. The number of fused-ring (bicyclic) bond motifs is 1. The molecule has 0 saturated carbocycles. The van der Waals surface area contributed by atoms with E-state index >= 15 is 0 Å². The largest absolute Gasteiger partial charge is 0.493 e. The lowest BCUT2D eigenvalue weighted by Crippen LogP contribution is -2.55. The van der Waals surface area contributed by atoms with Gasteiger partial charge in [-0.1, -0.05) is 23.7 Å². The highest BCUT2D eigenvalue weighted by molar-refractivity contribution is 7.98.